The second-order valence-corrected chi connectivity index (χ2v) is 4.26. The Morgan fingerprint density at radius 2 is 1.25 bits per heavy atom. The lowest BCUT2D eigenvalue weighted by Crippen LogP contribution is -2.52. The van der Waals surface area contributed by atoms with E-state index in [1.54, 1.807) is 5.32 Å². The van der Waals surface area contributed by atoms with E-state index in [0.29, 0.717) is 0 Å². The average Bonchev–Trinajstić information content (AvgIpc) is 1.70. The summed E-state index contributed by atoms with van der Waals surface area (Å²) in [5.74, 6) is -6.08. The van der Waals surface area contributed by atoms with Crippen molar-refractivity contribution in [1.29, 1.82) is 0 Å². The first kappa shape index (κ1) is 15.0. The average molecular weight is 251 g/mol. The number of rotatable bonds is 1. The molecule has 0 aromatic heterocycles. The highest BCUT2D eigenvalue weighted by Gasteiger charge is 2.61. The van der Waals surface area contributed by atoms with Gasteiger partial charge < -0.3 is 5.32 Å². The van der Waals surface area contributed by atoms with Gasteiger partial charge in [0.1, 0.15) is 0 Å². The van der Waals surface area contributed by atoms with Gasteiger partial charge in [-0.1, -0.05) is 0 Å². The Bertz CT molecular complexity index is 247. The number of hydrogen-bond donors (Lipinski definition) is 1. The van der Waals surface area contributed by atoms with Crippen LogP contribution in [0, 0.1) is 5.92 Å². The number of hydrogen-bond acceptors (Lipinski definition) is 1. The monoisotopic (exact) mass is 251 g/mol. The van der Waals surface area contributed by atoms with Crippen LogP contribution >= 0.6 is 0 Å². The molecule has 8 heteroatoms. The predicted molar refractivity (Wildman–Crippen MR) is 43.5 cm³/mol. The molecule has 0 saturated heterocycles. The van der Waals surface area contributed by atoms with Gasteiger partial charge in [-0.3, -0.25) is 4.79 Å². The molecule has 0 heterocycles. The minimum Gasteiger partial charge on any atom is -0.351 e. The van der Waals surface area contributed by atoms with Crippen molar-refractivity contribution in [3.8, 4) is 0 Å². The Kier molecular flexibility index (Phi) is 3.89. The van der Waals surface area contributed by atoms with Gasteiger partial charge in [0.25, 0.3) is 0 Å². The first-order chi connectivity index (χ1) is 6.75. The fraction of sp³-hybridized carbons (Fsp3) is 0.875. The number of halogens is 6. The third-order valence-corrected chi connectivity index (χ3v) is 1.42. The van der Waals surface area contributed by atoms with Crippen molar-refractivity contribution in [2.75, 3.05) is 0 Å². The highest BCUT2D eigenvalue weighted by atomic mass is 19.4. The molecule has 0 rings (SSSR count). The van der Waals surface area contributed by atoms with Gasteiger partial charge in [-0.15, -0.1) is 0 Å². The van der Waals surface area contributed by atoms with Crippen LogP contribution in [0.5, 0.6) is 0 Å². The molecular formula is C8H11F6NO. The van der Waals surface area contributed by atoms with Crippen LogP contribution in [0.1, 0.15) is 20.8 Å². The molecule has 96 valence electrons. The normalized spacial score (nSPS) is 14.1. The predicted octanol–water partition coefficient (Wildman–Crippen LogP) is 2.64. The lowest BCUT2D eigenvalue weighted by atomic mass is 10.0. The fourth-order valence-corrected chi connectivity index (χ4v) is 0.925. The van der Waals surface area contributed by atoms with Gasteiger partial charge in [0.2, 0.25) is 11.8 Å². The van der Waals surface area contributed by atoms with Crippen molar-refractivity contribution in [3.63, 3.8) is 0 Å². The largest absolute Gasteiger partial charge is 0.409 e. The van der Waals surface area contributed by atoms with E-state index in [1.807, 2.05) is 0 Å². The summed E-state index contributed by atoms with van der Waals surface area (Å²) in [6, 6.07) is 0. The van der Waals surface area contributed by atoms with Crippen molar-refractivity contribution in [2.24, 2.45) is 5.92 Å². The zero-order valence-corrected chi connectivity index (χ0v) is 8.75. The molecule has 0 fully saturated rings. The van der Waals surface area contributed by atoms with E-state index in [4.69, 9.17) is 0 Å². The molecule has 0 aromatic carbocycles. The molecule has 0 spiro atoms. The zero-order valence-electron chi connectivity index (χ0n) is 8.75. The highest BCUT2D eigenvalue weighted by Crippen LogP contribution is 2.39. The van der Waals surface area contributed by atoms with Crippen LogP contribution in [0.2, 0.25) is 0 Å². The van der Waals surface area contributed by atoms with E-state index < -0.39 is 29.7 Å². The third kappa shape index (κ3) is 4.71. The second kappa shape index (κ2) is 4.14. The molecule has 16 heavy (non-hydrogen) atoms. The van der Waals surface area contributed by atoms with Gasteiger partial charge in [-0.05, 0) is 20.8 Å². The maximum atomic E-state index is 12.1. The topological polar surface area (TPSA) is 29.1 Å². The van der Waals surface area contributed by atoms with E-state index in [2.05, 4.69) is 0 Å². The Hall–Kier alpha value is -0.950. The minimum atomic E-state index is -5.65. The van der Waals surface area contributed by atoms with Crippen molar-refractivity contribution < 1.29 is 31.1 Å². The molecule has 0 saturated carbocycles. The quantitative estimate of drug-likeness (QED) is 0.713. The van der Waals surface area contributed by atoms with Gasteiger partial charge in [-0.25, -0.2) is 0 Å². The van der Waals surface area contributed by atoms with E-state index in [9.17, 15) is 31.1 Å². The Labute approximate surface area is 88.0 Å². The molecule has 0 radical (unpaired) electrons. The highest BCUT2D eigenvalue weighted by molar-refractivity contribution is 5.80. The molecule has 1 amide bonds. The van der Waals surface area contributed by atoms with Crippen LogP contribution in [0.25, 0.3) is 0 Å². The standard InChI is InChI=1S/C8H11F6NO/c1-6(2,3)15-5(16)4(7(9,10)11)8(12,13)14/h4H,1-3H3,(H,15,16). The Morgan fingerprint density at radius 3 is 1.44 bits per heavy atom. The van der Waals surface area contributed by atoms with Crippen LogP contribution in [0.15, 0.2) is 0 Å². The summed E-state index contributed by atoms with van der Waals surface area (Å²) >= 11 is 0. The van der Waals surface area contributed by atoms with Crippen molar-refractivity contribution in [1.82, 2.24) is 5.32 Å². The maximum Gasteiger partial charge on any atom is 0.409 e. The Morgan fingerprint density at radius 1 is 0.938 bits per heavy atom. The summed E-state index contributed by atoms with van der Waals surface area (Å²) in [6.45, 7) is 3.86. The summed E-state index contributed by atoms with van der Waals surface area (Å²) in [7, 11) is 0. The van der Waals surface area contributed by atoms with Crippen LogP contribution in [-0.2, 0) is 4.79 Å². The molecule has 0 aromatic rings. The van der Waals surface area contributed by atoms with Crippen LogP contribution in [0.4, 0.5) is 26.3 Å². The molecule has 0 aliphatic heterocycles. The number of carbonyl (C=O) groups is 1. The molecular weight excluding hydrogens is 240 g/mol. The van der Waals surface area contributed by atoms with Crippen molar-refractivity contribution >= 4 is 5.91 Å². The van der Waals surface area contributed by atoms with Gasteiger partial charge in [0, 0.05) is 5.54 Å². The van der Waals surface area contributed by atoms with E-state index in [-0.39, 0.29) is 0 Å². The van der Waals surface area contributed by atoms with Crippen molar-refractivity contribution in [2.45, 2.75) is 38.7 Å². The molecule has 0 bridgehead atoms. The first-order valence-corrected chi connectivity index (χ1v) is 4.20. The molecule has 1 N–H and O–H groups in total. The Balaban J connectivity index is 5.03. The summed E-state index contributed by atoms with van der Waals surface area (Å²) in [4.78, 5) is 10.9. The summed E-state index contributed by atoms with van der Waals surface area (Å²) < 4.78 is 72.4. The van der Waals surface area contributed by atoms with E-state index in [1.165, 1.54) is 20.8 Å². The summed E-state index contributed by atoms with van der Waals surface area (Å²) in [6.07, 6.45) is -11.3. The first-order valence-electron chi connectivity index (χ1n) is 4.20. The lowest BCUT2D eigenvalue weighted by Gasteiger charge is -2.27. The fourth-order valence-electron chi connectivity index (χ4n) is 0.925. The van der Waals surface area contributed by atoms with Gasteiger partial charge in [0.05, 0.1) is 0 Å². The van der Waals surface area contributed by atoms with E-state index in [0.717, 1.165) is 0 Å². The van der Waals surface area contributed by atoms with Gasteiger partial charge >= 0.3 is 12.4 Å². The number of amides is 1. The molecule has 2 nitrogen and oxygen atoms in total. The second-order valence-electron chi connectivity index (χ2n) is 4.26. The SMILES string of the molecule is CC(C)(C)NC(=O)C(C(F)(F)F)C(F)(F)F. The van der Waals surface area contributed by atoms with Crippen LogP contribution in [-0.4, -0.2) is 23.8 Å². The summed E-state index contributed by atoms with van der Waals surface area (Å²) in [5.41, 5.74) is -1.16. The zero-order chi connectivity index (χ0) is 13.4. The minimum absolute atomic E-state index is 1.16. The summed E-state index contributed by atoms with van der Waals surface area (Å²) in [5, 5.41) is 1.65. The number of alkyl halides is 6. The van der Waals surface area contributed by atoms with Gasteiger partial charge in [-0.2, -0.15) is 26.3 Å². The number of carbonyl (C=O) groups excluding carboxylic acids is 1. The maximum absolute atomic E-state index is 12.1. The smallest absolute Gasteiger partial charge is 0.351 e. The van der Waals surface area contributed by atoms with Crippen LogP contribution in [0.3, 0.4) is 0 Å². The van der Waals surface area contributed by atoms with Crippen molar-refractivity contribution in [3.05, 3.63) is 0 Å². The third-order valence-electron chi connectivity index (χ3n) is 1.42. The molecule has 0 aliphatic carbocycles. The van der Waals surface area contributed by atoms with Gasteiger partial charge in [0.15, 0.2) is 0 Å². The molecule has 0 unspecified atom stereocenters. The molecule has 0 aliphatic rings. The molecule has 0 atom stereocenters. The lowest BCUT2D eigenvalue weighted by molar-refractivity contribution is -0.274. The number of nitrogens with one attached hydrogen (secondary N) is 1. The van der Waals surface area contributed by atoms with E-state index >= 15 is 0 Å². The van der Waals surface area contributed by atoms with Crippen LogP contribution < -0.4 is 5.32 Å².